The number of likely N-dealkylation sites (tertiary alicyclic amines) is 1. The molecule has 2 heterocycles. The molecule has 1 aliphatic heterocycles. The van der Waals surface area contributed by atoms with Gasteiger partial charge in [0.2, 0.25) is 5.91 Å². The third-order valence-electron chi connectivity index (χ3n) is 6.24. The molecule has 6 heteroatoms. The number of rotatable bonds is 5. The molecule has 164 valence electrons. The van der Waals surface area contributed by atoms with Crippen molar-refractivity contribution >= 4 is 23.3 Å². The Labute approximate surface area is 183 Å². The van der Waals surface area contributed by atoms with E-state index >= 15 is 0 Å². The Bertz CT molecular complexity index is 1010. The number of hydrogen-bond acceptors (Lipinski definition) is 3. The lowest BCUT2D eigenvalue weighted by Crippen LogP contribution is -2.51. The first-order chi connectivity index (χ1) is 15.0. The van der Waals surface area contributed by atoms with Crippen LogP contribution in [0, 0.1) is 6.92 Å². The van der Waals surface area contributed by atoms with Gasteiger partial charge in [-0.25, -0.2) is 0 Å². The van der Waals surface area contributed by atoms with Crippen molar-refractivity contribution in [3.8, 4) is 0 Å². The minimum atomic E-state index is -0.415. The van der Waals surface area contributed by atoms with Crippen molar-refractivity contribution in [1.82, 2.24) is 14.8 Å². The van der Waals surface area contributed by atoms with Gasteiger partial charge in [-0.15, -0.1) is 0 Å². The highest BCUT2D eigenvalue weighted by atomic mass is 16.3. The van der Waals surface area contributed by atoms with Crippen molar-refractivity contribution in [1.29, 1.82) is 0 Å². The Kier molecular flexibility index (Phi) is 7.47. The maximum absolute atomic E-state index is 13.4. The van der Waals surface area contributed by atoms with Crippen LogP contribution in [-0.4, -0.2) is 53.6 Å². The fraction of sp³-hybridized carbons (Fsp3) is 0.360. The molecule has 6 nitrogen and oxygen atoms in total. The summed E-state index contributed by atoms with van der Waals surface area (Å²) in [5, 5.41) is 11.4. The van der Waals surface area contributed by atoms with Crippen LogP contribution in [0.4, 0.5) is 0 Å². The van der Waals surface area contributed by atoms with Gasteiger partial charge >= 0.3 is 0 Å². The summed E-state index contributed by atoms with van der Waals surface area (Å²) in [5.41, 5.74) is 3.18. The molecule has 0 aliphatic carbocycles. The number of fused-ring (bicyclic) bond motifs is 1. The minimum absolute atomic E-state index is 0.168. The van der Waals surface area contributed by atoms with Gasteiger partial charge in [0.15, 0.2) is 0 Å². The Balaban J connectivity index is 0.000000858. The zero-order chi connectivity index (χ0) is 22.3. The van der Waals surface area contributed by atoms with Crippen molar-refractivity contribution in [2.45, 2.75) is 31.7 Å². The van der Waals surface area contributed by atoms with Gasteiger partial charge in [0.25, 0.3) is 6.47 Å². The van der Waals surface area contributed by atoms with Gasteiger partial charge in [0.05, 0.1) is 5.41 Å². The highest BCUT2D eigenvalue weighted by Gasteiger charge is 2.41. The third-order valence-corrected chi connectivity index (χ3v) is 6.24. The van der Waals surface area contributed by atoms with Gasteiger partial charge < -0.3 is 19.9 Å². The van der Waals surface area contributed by atoms with Crippen LogP contribution in [0.2, 0.25) is 0 Å². The van der Waals surface area contributed by atoms with E-state index in [2.05, 4.69) is 71.2 Å². The van der Waals surface area contributed by atoms with E-state index in [-0.39, 0.29) is 12.4 Å². The number of benzene rings is 2. The zero-order valence-electron chi connectivity index (χ0n) is 18.3. The highest BCUT2D eigenvalue weighted by molar-refractivity contribution is 5.88. The first kappa shape index (κ1) is 22.6. The second kappa shape index (κ2) is 10.3. The lowest BCUT2D eigenvalue weighted by atomic mass is 9.72. The summed E-state index contributed by atoms with van der Waals surface area (Å²) >= 11 is 0. The number of nitrogens with zero attached hydrogens (tertiary/aromatic N) is 2. The van der Waals surface area contributed by atoms with E-state index < -0.39 is 5.41 Å². The van der Waals surface area contributed by atoms with Crippen LogP contribution in [0.5, 0.6) is 0 Å². The Morgan fingerprint density at radius 3 is 2.39 bits per heavy atom. The fourth-order valence-electron chi connectivity index (χ4n) is 4.50. The van der Waals surface area contributed by atoms with Gasteiger partial charge in [-0.3, -0.25) is 9.59 Å². The van der Waals surface area contributed by atoms with Crippen LogP contribution in [-0.2, 0) is 21.5 Å². The molecule has 0 unspecified atom stereocenters. The number of hydrogen-bond donors (Lipinski definition) is 2. The predicted molar refractivity (Wildman–Crippen MR) is 123 cm³/mol. The number of carbonyl (C=O) groups excluding carboxylic acids is 1. The lowest BCUT2D eigenvalue weighted by molar-refractivity contribution is -0.128. The quantitative estimate of drug-likeness (QED) is 0.619. The molecule has 0 radical (unpaired) electrons. The second-order valence-corrected chi connectivity index (χ2v) is 8.11. The van der Waals surface area contributed by atoms with Crippen LogP contribution in [0.3, 0.4) is 0 Å². The number of nitrogens with one attached hydrogen (secondary N) is 1. The van der Waals surface area contributed by atoms with Gasteiger partial charge in [-0.2, -0.15) is 0 Å². The van der Waals surface area contributed by atoms with Gasteiger partial charge in [0, 0.05) is 24.3 Å². The minimum Gasteiger partial charge on any atom is -0.483 e. The molecular formula is C25H31N3O3. The maximum Gasteiger partial charge on any atom is 0.290 e. The van der Waals surface area contributed by atoms with E-state index in [9.17, 15) is 4.79 Å². The summed E-state index contributed by atoms with van der Waals surface area (Å²) in [6.45, 7) is 5.20. The number of piperidine rings is 1. The van der Waals surface area contributed by atoms with E-state index in [4.69, 9.17) is 9.90 Å². The number of aryl methyl sites for hydroxylation is 1. The van der Waals surface area contributed by atoms with Gasteiger partial charge in [0.1, 0.15) is 0 Å². The monoisotopic (exact) mass is 421 g/mol. The summed E-state index contributed by atoms with van der Waals surface area (Å²) in [5.74, 6) is 0.168. The molecule has 0 atom stereocenters. The molecule has 1 aliphatic rings. The molecule has 0 bridgehead atoms. The Hall–Kier alpha value is -3.12. The largest absolute Gasteiger partial charge is 0.483 e. The van der Waals surface area contributed by atoms with Crippen LogP contribution in [0.15, 0.2) is 60.7 Å². The topological polar surface area (TPSA) is 74.6 Å². The van der Waals surface area contributed by atoms with Crippen molar-refractivity contribution < 1.29 is 14.7 Å². The highest BCUT2D eigenvalue weighted by Crippen LogP contribution is 2.35. The molecule has 1 aromatic heterocycles. The molecule has 1 saturated heterocycles. The average Bonchev–Trinajstić information content (AvgIpc) is 3.11. The third kappa shape index (κ3) is 4.97. The molecule has 2 N–H and O–H groups in total. The number of carbonyl (C=O) groups is 2. The van der Waals surface area contributed by atoms with Crippen molar-refractivity contribution in [3.05, 3.63) is 71.9 Å². The van der Waals surface area contributed by atoms with Crippen LogP contribution >= 0.6 is 0 Å². The smallest absolute Gasteiger partial charge is 0.290 e. The molecule has 0 spiro atoms. The predicted octanol–water partition coefficient (Wildman–Crippen LogP) is 3.43. The molecule has 1 fully saturated rings. The Morgan fingerprint density at radius 2 is 1.71 bits per heavy atom. The van der Waals surface area contributed by atoms with E-state index in [1.54, 1.807) is 0 Å². The van der Waals surface area contributed by atoms with E-state index in [1.807, 2.05) is 18.2 Å². The van der Waals surface area contributed by atoms with Crippen LogP contribution < -0.4 is 5.32 Å². The SMILES string of the molecule is Cc1cc2ccccc2n1CCNC(=O)C1(c2ccccc2)CCN(C)CC1.O=CO. The maximum atomic E-state index is 13.4. The zero-order valence-corrected chi connectivity index (χ0v) is 18.3. The van der Waals surface area contributed by atoms with E-state index in [0.717, 1.165) is 38.0 Å². The molecule has 0 saturated carbocycles. The summed E-state index contributed by atoms with van der Waals surface area (Å²) in [6, 6.07) is 20.9. The molecular weight excluding hydrogens is 390 g/mol. The van der Waals surface area contributed by atoms with Gasteiger partial charge in [-0.1, -0.05) is 48.5 Å². The van der Waals surface area contributed by atoms with E-state index in [0.29, 0.717) is 6.54 Å². The molecule has 3 aromatic rings. The van der Waals surface area contributed by atoms with Crippen molar-refractivity contribution in [3.63, 3.8) is 0 Å². The van der Waals surface area contributed by atoms with Crippen molar-refractivity contribution in [2.75, 3.05) is 26.7 Å². The van der Waals surface area contributed by atoms with E-state index in [1.165, 1.54) is 16.6 Å². The first-order valence-electron chi connectivity index (χ1n) is 10.7. The normalized spacial score (nSPS) is 15.7. The first-order valence-corrected chi connectivity index (χ1v) is 10.7. The second-order valence-electron chi connectivity index (χ2n) is 8.11. The molecule has 4 rings (SSSR count). The summed E-state index contributed by atoms with van der Waals surface area (Å²) in [4.78, 5) is 24.0. The van der Waals surface area contributed by atoms with Crippen LogP contribution in [0.1, 0.15) is 24.1 Å². The standard InChI is InChI=1S/C24H29N3O.CH2O2/c1-19-18-20-8-6-7-11-22(20)27(19)17-14-25-23(28)24(12-15-26(2)16-13-24)21-9-4-3-5-10-21;2-1-3/h3-11,18H,12-17H2,1-2H3,(H,25,28);1H,(H,2,3). The number of para-hydroxylation sites is 1. The van der Waals surface area contributed by atoms with Crippen LogP contribution in [0.25, 0.3) is 10.9 Å². The number of amides is 1. The summed E-state index contributed by atoms with van der Waals surface area (Å²) in [6.07, 6.45) is 1.73. The number of aromatic nitrogens is 1. The van der Waals surface area contributed by atoms with Gasteiger partial charge in [-0.05, 0) is 63.0 Å². The summed E-state index contributed by atoms with van der Waals surface area (Å²) in [7, 11) is 2.13. The average molecular weight is 422 g/mol. The molecule has 2 aromatic carbocycles. The fourth-order valence-corrected chi connectivity index (χ4v) is 4.50. The number of carboxylic acid groups (broad SMARTS) is 1. The van der Waals surface area contributed by atoms with Crippen molar-refractivity contribution in [2.24, 2.45) is 0 Å². The molecule has 31 heavy (non-hydrogen) atoms. The molecule has 1 amide bonds. The lowest BCUT2D eigenvalue weighted by Gasteiger charge is -2.39. The summed E-state index contributed by atoms with van der Waals surface area (Å²) < 4.78 is 2.29. The Morgan fingerprint density at radius 1 is 1.10 bits per heavy atom.